The fourth-order valence-corrected chi connectivity index (χ4v) is 3.39. The van der Waals surface area contributed by atoms with E-state index in [2.05, 4.69) is 15.9 Å². The smallest absolute Gasteiger partial charge is 0.307 e. The number of halogens is 1. The van der Waals surface area contributed by atoms with Gasteiger partial charge in [-0.15, -0.1) is 0 Å². The van der Waals surface area contributed by atoms with E-state index in [-0.39, 0.29) is 5.91 Å². The highest BCUT2D eigenvalue weighted by Gasteiger charge is 2.43. The molecule has 2 rings (SSSR count). The van der Waals surface area contributed by atoms with Crippen LogP contribution in [0.2, 0.25) is 0 Å². The highest BCUT2D eigenvalue weighted by Crippen LogP contribution is 2.39. The average molecular weight is 358 g/mol. The van der Waals surface area contributed by atoms with Crippen LogP contribution in [0.25, 0.3) is 0 Å². The van der Waals surface area contributed by atoms with Gasteiger partial charge in [0.05, 0.1) is 18.4 Å². The monoisotopic (exact) mass is 357 g/mol. The van der Waals surface area contributed by atoms with Gasteiger partial charge < -0.3 is 14.4 Å². The predicted molar refractivity (Wildman–Crippen MR) is 80.5 cm³/mol. The van der Waals surface area contributed by atoms with Crippen LogP contribution in [0.3, 0.4) is 0 Å². The number of carbonyl (C=O) groups excluding carboxylic acids is 1. The van der Waals surface area contributed by atoms with E-state index in [1.807, 2.05) is 6.92 Å². The molecule has 0 aliphatic heterocycles. The van der Waals surface area contributed by atoms with Crippen LogP contribution in [0.1, 0.15) is 31.9 Å². The number of hydrogen-bond donors (Lipinski definition) is 1. The molecule has 1 aliphatic carbocycles. The van der Waals surface area contributed by atoms with Gasteiger partial charge in [0.15, 0.2) is 4.67 Å². The Hall–Kier alpha value is -1.30. The lowest BCUT2D eigenvalue weighted by atomic mass is 9.95. The van der Waals surface area contributed by atoms with Crippen molar-refractivity contribution in [3.8, 4) is 0 Å². The fourth-order valence-electron chi connectivity index (χ4n) is 3.05. The molecule has 0 bridgehead atoms. The molecule has 1 unspecified atom stereocenters. The summed E-state index contributed by atoms with van der Waals surface area (Å²) < 4.78 is 6.01. The maximum Gasteiger partial charge on any atom is 0.307 e. The topological polar surface area (TPSA) is 70.8 Å². The van der Waals surface area contributed by atoms with Crippen molar-refractivity contribution in [2.24, 2.45) is 17.8 Å². The summed E-state index contributed by atoms with van der Waals surface area (Å²) in [6.07, 6.45) is 2.18. The number of carbonyl (C=O) groups is 2. The molecule has 1 saturated carbocycles. The lowest BCUT2D eigenvalue weighted by Gasteiger charge is -2.22. The van der Waals surface area contributed by atoms with E-state index in [0.717, 1.165) is 6.42 Å². The minimum Gasteiger partial charge on any atom is -0.481 e. The zero-order valence-electron chi connectivity index (χ0n) is 12.2. The van der Waals surface area contributed by atoms with Crippen LogP contribution in [0, 0.1) is 17.8 Å². The lowest BCUT2D eigenvalue weighted by Crippen LogP contribution is -2.36. The average Bonchev–Trinajstić information content (AvgIpc) is 3.04. The van der Waals surface area contributed by atoms with E-state index in [0.29, 0.717) is 35.7 Å². The molecular weight excluding hydrogens is 338 g/mol. The SMILES string of the molecule is CCC1C[C@H](C(=O)N(C)Cc2ccc(Br)o2)[C@H](C(=O)O)C1. The number of carboxylic acids is 1. The summed E-state index contributed by atoms with van der Waals surface area (Å²) in [5.41, 5.74) is 0. The third-order valence-corrected chi connectivity index (χ3v) is 4.70. The Morgan fingerprint density at radius 2 is 2.05 bits per heavy atom. The van der Waals surface area contributed by atoms with E-state index >= 15 is 0 Å². The number of rotatable bonds is 5. The highest BCUT2D eigenvalue weighted by atomic mass is 79.9. The number of aliphatic carboxylic acids is 1. The second-order valence-corrected chi connectivity index (χ2v) is 6.48. The molecule has 1 heterocycles. The van der Waals surface area contributed by atoms with Crippen molar-refractivity contribution in [2.75, 3.05) is 7.05 Å². The van der Waals surface area contributed by atoms with Crippen molar-refractivity contribution in [1.29, 1.82) is 0 Å². The lowest BCUT2D eigenvalue weighted by molar-refractivity contribution is -0.148. The summed E-state index contributed by atoms with van der Waals surface area (Å²) in [6.45, 7) is 2.39. The van der Waals surface area contributed by atoms with Crippen LogP contribution in [-0.2, 0) is 16.1 Å². The number of nitrogens with zero attached hydrogens (tertiary/aromatic N) is 1. The molecule has 0 spiro atoms. The van der Waals surface area contributed by atoms with Crippen LogP contribution in [0.15, 0.2) is 21.2 Å². The minimum absolute atomic E-state index is 0.106. The first-order valence-electron chi connectivity index (χ1n) is 7.14. The molecule has 3 atom stereocenters. The van der Waals surface area contributed by atoms with Gasteiger partial charge in [-0.1, -0.05) is 13.3 Å². The quantitative estimate of drug-likeness (QED) is 0.878. The van der Waals surface area contributed by atoms with E-state index in [9.17, 15) is 14.7 Å². The molecule has 1 aliphatic rings. The Morgan fingerprint density at radius 3 is 2.57 bits per heavy atom. The Kier molecular flexibility index (Phi) is 5.08. The molecule has 5 nitrogen and oxygen atoms in total. The van der Waals surface area contributed by atoms with Crippen LogP contribution in [-0.4, -0.2) is 28.9 Å². The highest BCUT2D eigenvalue weighted by molar-refractivity contribution is 9.10. The molecule has 116 valence electrons. The van der Waals surface area contributed by atoms with E-state index < -0.39 is 17.8 Å². The van der Waals surface area contributed by atoms with E-state index in [1.54, 1.807) is 24.1 Å². The summed E-state index contributed by atoms with van der Waals surface area (Å²) in [5.74, 6) is -0.950. The van der Waals surface area contributed by atoms with E-state index in [4.69, 9.17) is 4.42 Å². The summed E-state index contributed by atoms with van der Waals surface area (Å²) >= 11 is 3.22. The van der Waals surface area contributed by atoms with Crippen LogP contribution >= 0.6 is 15.9 Å². The van der Waals surface area contributed by atoms with Gasteiger partial charge in [-0.05, 0) is 46.8 Å². The number of hydrogen-bond acceptors (Lipinski definition) is 3. The Balaban J connectivity index is 2.05. The predicted octanol–water partition coefficient (Wildman–Crippen LogP) is 3.14. The first-order valence-corrected chi connectivity index (χ1v) is 7.93. The van der Waals surface area contributed by atoms with Gasteiger partial charge in [-0.25, -0.2) is 0 Å². The Bertz CT molecular complexity index is 527. The molecular formula is C15H20BrNO4. The van der Waals surface area contributed by atoms with E-state index in [1.165, 1.54) is 0 Å². The van der Waals surface area contributed by atoms with Crippen molar-refractivity contribution in [3.63, 3.8) is 0 Å². The van der Waals surface area contributed by atoms with Crippen molar-refractivity contribution in [3.05, 3.63) is 22.6 Å². The van der Waals surface area contributed by atoms with Gasteiger partial charge in [-0.3, -0.25) is 9.59 Å². The number of carboxylic acid groups (broad SMARTS) is 1. The molecule has 0 saturated heterocycles. The molecule has 1 fully saturated rings. The molecule has 6 heteroatoms. The van der Waals surface area contributed by atoms with Gasteiger partial charge in [0.2, 0.25) is 5.91 Å². The molecule has 0 aromatic carbocycles. The minimum atomic E-state index is -0.863. The first kappa shape index (κ1) is 16.1. The van der Waals surface area contributed by atoms with Crippen molar-refractivity contribution < 1.29 is 19.1 Å². The summed E-state index contributed by atoms with van der Waals surface area (Å²) in [7, 11) is 1.69. The number of furan rings is 1. The van der Waals surface area contributed by atoms with Crippen LogP contribution in [0.4, 0.5) is 0 Å². The van der Waals surface area contributed by atoms with Gasteiger partial charge in [0.25, 0.3) is 0 Å². The molecule has 1 aromatic rings. The Labute approximate surface area is 132 Å². The zero-order chi connectivity index (χ0) is 15.6. The van der Waals surface area contributed by atoms with Crippen molar-refractivity contribution >= 4 is 27.8 Å². The Morgan fingerprint density at radius 1 is 1.38 bits per heavy atom. The fraction of sp³-hybridized carbons (Fsp3) is 0.600. The summed E-state index contributed by atoms with van der Waals surface area (Å²) in [5, 5.41) is 9.33. The second kappa shape index (κ2) is 6.64. The maximum absolute atomic E-state index is 12.5. The third kappa shape index (κ3) is 3.67. The standard InChI is InChI=1S/C15H20BrNO4/c1-3-9-6-11(12(7-9)15(19)20)14(18)17(2)8-10-4-5-13(16)21-10/h4-5,9,11-12H,3,6-8H2,1-2H3,(H,19,20)/t9?,11-,12+/m0/s1. The van der Waals surface area contributed by atoms with Gasteiger partial charge >= 0.3 is 5.97 Å². The second-order valence-electron chi connectivity index (χ2n) is 5.70. The molecule has 21 heavy (non-hydrogen) atoms. The van der Waals surface area contributed by atoms with Gasteiger partial charge in [0, 0.05) is 7.05 Å². The number of amides is 1. The van der Waals surface area contributed by atoms with Crippen LogP contribution < -0.4 is 0 Å². The maximum atomic E-state index is 12.5. The molecule has 1 amide bonds. The van der Waals surface area contributed by atoms with Crippen molar-refractivity contribution in [2.45, 2.75) is 32.7 Å². The van der Waals surface area contributed by atoms with Gasteiger partial charge in [-0.2, -0.15) is 0 Å². The zero-order valence-corrected chi connectivity index (χ0v) is 13.8. The largest absolute Gasteiger partial charge is 0.481 e. The summed E-state index contributed by atoms with van der Waals surface area (Å²) in [4.78, 5) is 25.5. The summed E-state index contributed by atoms with van der Waals surface area (Å²) in [6, 6.07) is 3.57. The first-order chi connectivity index (χ1) is 9.92. The van der Waals surface area contributed by atoms with Crippen molar-refractivity contribution in [1.82, 2.24) is 4.90 Å². The van der Waals surface area contributed by atoms with Crippen LogP contribution in [0.5, 0.6) is 0 Å². The third-order valence-electron chi connectivity index (χ3n) is 4.27. The van der Waals surface area contributed by atoms with Gasteiger partial charge in [0.1, 0.15) is 5.76 Å². The molecule has 0 radical (unpaired) electrons. The molecule has 1 aromatic heterocycles. The molecule has 1 N–H and O–H groups in total. The normalized spacial score (nSPS) is 25.0.